The van der Waals surface area contributed by atoms with Gasteiger partial charge in [0.25, 0.3) is 0 Å². The predicted molar refractivity (Wildman–Crippen MR) is 78.2 cm³/mol. The Balaban J connectivity index is 2.25. The van der Waals surface area contributed by atoms with Gasteiger partial charge in [-0.3, -0.25) is 0 Å². The third-order valence-electron chi connectivity index (χ3n) is 3.76. The molecular formula is C14H22N2O3S. The molecule has 2 rings (SSSR count). The van der Waals surface area contributed by atoms with Crippen LogP contribution in [-0.4, -0.2) is 50.1 Å². The largest absolute Gasteiger partial charge is 0.387 e. The molecule has 1 aliphatic rings. The van der Waals surface area contributed by atoms with Crippen molar-refractivity contribution in [3.8, 4) is 0 Å². The van der Waals surface area contributed by atoms with Crippen LogP contribution in [0.25, 0.3) is 0 Å². The molecule has 1 aliphatic heterocycles. The molecule has 0 saturated carbocycles. The lowest BCUT2D eigenvalue weighted by atomic mass is 10.0. The van der Waals surface area contributed by atoms with Crippen molar-refractivity contribution in [2.75, 3.05) is 26.7 Å². The fourth-order valence-electron chi connectivity index (χ4n) is 2.62. The van der Waals surface area contributed by atoms with Crippen molar-refractivity contribution >= 4 is 10.0 Å². The van der Waals surface area contributed by atoms with Gasteiger partial charge in [-0.15, -0.1) is 0 Å². The average molecular weight is 298 g/mol. The predicted octanol–water partition coefficient (Wildman–Crippen LogP) is 0.648. The molecule has 1 atom stereocenters. The number of nitrogens with one attached hydrogen (secondary N) is 1. The molecule has 0 aliphatic carbocycles. The molecule has 0 amide bonds. The van der Waals surface area contributed by atoms with Crippen LogP contribution in [-0.2, 0) is 10.0 Å². The first-order valence-corrected chi connectivity index (χ1v) is 8.15. The maximum absolute atomic E-state index is 12.6. The third kappa shape index (κ3) is 3.03. The van der Waals surface area contributed by atoms with E-state index >= 15 is 0 Å². The summed E-state index contributed by atoms with van der Waals surface area (Å²) < 4.78 is 26.4. The fraction of sp³-hybridized carbons (Fsp3) is 0.571. The van der Waals surface area contributed by atoms with Gasteiger partial charge in [-0.1, -0.05) is 17.7 Å². The second kappa shape index (κ2) is 5.44. The Labute approximate surface area is 120 Å². The van der Waals surface area contributed by atoms with Crippen LogP contribution >= 0.6 is 0 Å². The van der Waals surface area contributed by atoms with Crippen molar-refractivity contribution in [1.82, 2.24) is 9.62 Å². The zero-order chi connectivity index (χ0) is 15.0. The number of nitrogens with zero attached hydrogens (tertiary/aromatic N) is 1. The number of β-amino-alcohol motifs (C(OH)–C–C–N with tert-alkyl or cyclic N) is 1. The van der Waals surface area contributed by atoms with E-state index in [0.717, 1.165) is 11.1 Å². The van der Waals surface area contributed by atoms with E-state index in [1.165, 1.54) is 11.4 Å². The van der Waals surface area contributed by atoms with Crippen LogP contribution in [0.5, 0.6) is 0 Å². The van der Waals surface area contributed by atoms with E-state index in [0.29, 0.717) is 24.4 Å². The summed E-state index contributed by atoms with van der Waals surface area (Å²) in [5.74, 6) is 0. The van der Waals surface area contributed by atoms with Gasteiger partial charge in [-0.2, -0.15) is 4.31 Å². The van der Waals surface area contributed by atoms with E-state index in [1.54, 1.807) is 19.1 Å². The van der Waals surface area contributed by atoms with Gasteiger partial charge in [0, 0.05) is 20.1 Å². The van der Waals surface area contributed by atoms with Crippen LogP contribution in [0.1, 0.15) is 17.5 Å². The molecule has 112 valence electrons. The second-order valence-corrected chi connectivity index (χ2v) is 7.69. The molecule has 1 heterocycles. The zero-order valence-electron chi connectivity index (χ0n) is 12.2. The summed E-state index contributed by atoms with van der Waals surface area (Å²) in [6.07, 6.45) is 0.569. The highest BCUT2D eigenvalue weighted by molar-refractivity contribution is 7.89. The topological polar surface area (TPSA) is 69.6 Å². The smallest absolute Gasteiger partial charge is 0.243 e. The van der Waals surface area contributed by atoms with Crippen molar-refractivity contribution in [2.45, 2.75) is 30.8 Å². The van der Waals surface area contributed by atoms with Crippen LogP contribution in [0.3, 0.4) is 0 Å². The molecular weight excluding hydrogens is 276 g/mol. The summed E-state index contributed by atoms with van der Waals surface area (Å²) in [5.41, 5.74) is 0.788. The zero-order valence-corrected chi connectivity index (χ0v) is 13.0. The number of aliphatic hydroxyl groups is 1. The van der Waals surface area contributed by atoms with E-state index in [2.05, 4.69) is 5.32 Å². The lowest BCUT2D eigenvalue weighted by molar-refractivity contribution is 0.0462. The second-order valence-electron chi connectivity index (χ2n) is 5.68. The normalized spacial score (nSPS) is 23.4. The van der Waals surface area contributed by atoms with E-state index in [-0.39, 0.29) is 6.54 Å². The van der Waals surface area contributed by atoms with Gasteiger partial charge in [0.15, 0.2) is 0 Å². The van der Waals surface area contributed by atoms with Crippen LogP contribution in [0.2, 0.25) is 0 Å². The summed E-state index contributed by atoms with van der Waals surface area (Å²) in [6, 6.07) is 5.28. The number of benzene rings is 1. The van der Waals surface area contributed by atoms with Gasteiger partial charge < -0.3 is 10.4 Å². The number of rotatable bonds is 4. The van der Waals surface area contributed by atoms with Crippen LogP contribution in [0.15, 0.2) is 23.1 Å². The Morgan fingerprint density at radius 3 is 2.65 bits per heavy atom. The van der Waals surface area contributed by atoms with Gasteiger partial charge in [0.1, 0.15) is 0 Å². The minimum Gasteiger partial charge on any atom is -0.387 e. The lowest BCUT2D eigenvalue weighted by Crippen LogP contribution is -2.45. The molecule has 5 nitrogen and oxygen atoms in total. The van der Waals surface area contributed by atoms with Crippen molar-refractivity contribution in [2.24, 2.45) is 0 Å². The molecule has 2 N–H and O–H groups in total. The first-order valence-electron chi connectivity index (χ1n) is 6.71. The molecule has 1 saturated heterocycles. The van der Waals surface area contributed by atoms with Gasteiger partial charge in [0.05, 0.1) is 10.5 Å². The summed E-state index contributed by atoms with van der Waals surface area (Å²) in [5, 5.41) is 13.4. The van der Waals surface area contributed by atoms with Gasteiger partial charge in [-0.25, -0.2) is 8.42 Å². The van der Waals surface area contributed by atoms with E-state index in [4.69, 9.17) is 0 Å². The maximum Gasteiger partial charge on any atom is 0.243 e. The summed E-state index contributed by atoms with van der Waals surface area (Å²) in [6.45, 7) is 4.98. The minimum atomic E-state index is -3.57. The average Bonchev–Trinajstić information content (AvgIpc) is 2.75. The molecule has 0 spiro atoms. The number of likely N-dealkylation sites (N-methyl/N-ethyl adjacent to an activating group) is 1. The lowest BCUT2D eigenvalue weighted by Gasteiger charge is -2.28. The SMILES string of the molecule is Cc1ccc(S(=O)(=O)N(C)CC2(O)CCNC2)c(C)c1. The van der Waals surface area contributed by atoms with Crippen LogP contribution < -0.4 is 5.32 Å². The summed E-state index contributed by atoms with van der Waals surface area (Å²) in [7, 11) is -2.05. The van der Waals surface area contributed by atoms with E-state index in [1.807, 2.05) is 13.0 Å². The van der Waals surface area contributed by atoms with Crippen molar-refractivity contribution in [3.63, 3.8) is 0 Å². The highest BCUT2D eigenvalue weighted by Gasteiger charge is 2.36. The Hall–Kier alpha value is -0.950. The minimum absolute atomic E-state index is 0.107. The summed E-state index contributed by atoms with van der Waals surface area (Å²) >= 11 is 0. The molecule has 1 aromatic rings. The molecule has 1 fully saturated rings. The van der Waals surface area contributed by atoms with Gasteiger partial charge >= 0.3 is 0 Å². The van der Waals surface area contributed by atoms with Crippen molar-refractivity contribution in [1.29, 1.82) is 0 Å². The molecule has 6 heteroatoms. The van der Waals surface area contributed by atoms with Crippen molar-refractivity contribution < 1.29 is 13.5 Å². The molecule has 1 unspecified atom stereocenters. The number of hydrogen-bond donors (Lipinski definition) is 2. The van der Waals surface area contributed by atoms with Gasteiger partial charge in [-0.05, 0) is 38.4 Å². The quantitative estimate of drug-likeness (QED) is 0.856. The standard InChI is InChI=1S/C14H22N2O3S/c1-11-4-5-13(12(2)8-11)20(18,19)16(3)10-14(17)6-7-15-9-14/h4-5,8,15,17H,6-7,9-10H2,1-3H3. The first kappa shape index (κ1) is 15.4. The molecule has 1 aromatic carbocycles. The third-order valence-corrected chi connectivity index (χ3v) is 5.72. The first-order chi connectivity index (χ1) is 9.24. The van der Waals surface area contributed by atoms with Gasteiger partial charge in [0.2, 0.25) is 10.0 Å². The van der Waals surface area contributed by atoms with E-state index in [9.17, 15) is 13.5 Å². The maximum atomic E-state index is 12.6. The number of hydrogen-bond acceptors (Lipinski definition) is 4. The van der Waals surface area contributed by atoms with Crippen LogP contribution in [0, 0.1) is 13.8 Å². The number of sulfonamides is 1. The highest BCUT2D eigenvalue weighted by atomic mass is 32.2. The Bertz CT molecular complexity index is 592. The van der Waals surface area contributed by atoms with E-state index < -0.39 is 15.6 Å². The monoisotopic (exact) mass is 298 g/mol. The molecule has 0 bridgehead atoms. The fourth-order valence-corrected chi connectivity index (χ4v) is 4.07. The molecule has 0 aromatic heterocycles. The Morgan fingerprint density at radius 1 is 1.40 bits per heavy atom. The Kier molecular flexibility index (Phi) is 4.20. The molecule has 0 radical (unpaired) electrons. The Morgan fingerprint density at radius 2 is 2.10 bits per heavy atom. The highest BCUT2D eigenvalue weighted by Crippen LogP contribution is 2.23. The molecule has 20 heavy (non-hydrogen) atoms. The number of aryl methyl sites for hydroxylation is 2. The van der Waals surface area contributed by atoms with Crippen LogP contribution in [0.4, 0.5) is 0 Å². The summed E-state index contributed by atoms with van der Waals surface area (Å²) in [4.78, 5) is 0.306. The van der Waals surface area contributed by atoms with Crippen molar-refractivity contribution in [3.05, 3.63) is 29.3 Å².